The van der Waals surface area contributed by atoms with E-state index in [9.17, 15) is 5.11 Å². The van der Waals surface area contributed by atoms with Crippen LogP contribution in [-0.2, 0) is 5.54 Å². The van der Waals surface area contributed by atoms with Crippen LogP contribution in [0.25, 0.3) is 11.0 Å². The molecule has 0 saturated carbocycles. The molecule has 1 aromatic carbocycles. The van der Waals surface area contributed by atoms with E-state index in [1.165, 1.54) is 0 Å². The molecule has 2 aromatic rings. The van der Waals surface area contributed by atoms with Gasteiger partial charge in [-0.3, -0.25) is 0 Å². The van der Waals surface area contributed by atoms with Crippen LogP contribution in [-0.4, -0.2) is 21.2 Å². The Bertz CT molecular complexity index is 539. The predicted octanol–water partition coefficient (Wildman–Crippen LogP) is 2.17. The number of benzene rings is 1. The summed E-state index contributed by atoms with van der Waals surface area (Å²) in [7, 11) is 0. The van der Waals surface area contributed by atoms with Gasteiger partial charge < -0.3 is 15.4 Å². The van der Waals surface area contributed by atoms with Crippen LogP contribution in [0.15, 0.2) is 24.3 Å². The van der Waals surface area contributed by atoms with E-state index in [0.29, 0.717) is 18.8 Å². The van der Waals surface area contributed by atoms with Gasteiger partial charge in [-0.05, 0) is 45.9 Å². The second-order valence-electron chi connectivity index (χ2n) is 5.56. The van der Waals surface area contributed by atoms with Gasteiger partial charge >= 0.3 is 0 Å². The molecule has 1 atom stereocenters. The molecule has 0 aliphatic heterocycles. The number of imidazole rings is 1. The standard InChI is InChI=1S/C14H21N3O/c1-14(2,3)17-11-7-5-4-6-10(11)16-13(17)12(18)8-9-15/h4-7,12,18H,8-9,15H2,1-3H3. The molecule has 0 aliphatic rings. The van der Waals surface area contributed by atoms with Gasteiger partial charge in [0.05, 0.1) is 11.0 Å². The number of hydrogen-bond acceptors (Lipinski definition) is 3. The number of aliphatic hydroxyl groups is 1. The fraction of sp³-hybridized carbons (Fsp3) is 0.500. The van der Waals surface area contributed by atoms with Crippen LogP contribution in [0.3, 0.4) is 0 Å². The van der Waals surface area contributed by atoms with Crippen molar-refractivity contribution in [1.29, 1.82) is 0 Å². The highest BCUT2D eigenvalue weighted by Gasteiger charge is 2.24. The molecular formula is C14H21N3O. The van der Waals surface area contributed by atoms with Gasteiger partial charge in [0.1, 0.15) is 11.9 Å². The van der Waals surface area contributed by atoms with Gasteiger partial charge in [0, 0.05) is 5.54 Å². The number of fused-ring (bicyclic) bond motifs is 1. The van der Waals surface area contributed by atoms with Gasteiger partial charge in [-0.25, -0.2) is 4.98 Å². The minimum Gasteiger partial charge on any atom is -0.385 e. The van der Waals surface area contributed by atoms with Crippen molar-refractivity contribution < 1.29 is 5.11 Å². The van der Waals surface area contributed by atoms with E-state index in [0.717, 1.165) is 11.0 Å². The van der Waals surface area contributed by atoms with E-state index in [4.69, 9.17) is 5.73 Å². The van der Waals surface area contributed by atoms with Gasteiger partial charge in [0.2, 0.25) is 0 Å². The highest BCUT2D eigenvalue weighted by molar-refractivity contribution is 5.76. The van der Waals surface area contributed by atoms with Crippen molar-refractivity contribution >= 4 is 11.0 Å². The van der Waals surface area contributed by atoms with Crippen LogP contribution < -0.4 is 5.73 Å². The molecule has 18 heavy (non-hydrogen) atoms. The van der Waals surface area contributed by atoms with E-state index in [1.54, 1.807) is 0 Å². The second kappa shape index (κ2) is 4.71. The Labute approximate surface area is 107 Å². The van der Waals surface area contributed by atoms with E-state index >= 15 is 0 Å². The Morgan fingerprint density at radius 1 is 1.33 bits per heavy atom. The highest BCUT2D eigenvalue weighted by Crippen LogP contribution is 2.29. The quantitative estimate of drug-likeness (QED) is 0.873. The summed E-state index contributed by atoms with van der Waals surface area (Å²) in [6, 6.07) is 7.95. The largest absolute Gasteiger partial charge is 0.385 e. The smallest absolute Gasteiger partial charge is 0.139 e. The maximum absolute atomic E-state index is 10.2. The molecule has 3 N–H and O–H groups in total. The number of rotatable bonds is 3. The van der Waals surface area contributed by atoms with Crippen molar-refractivity contribution in [3.63, 3.8) is 0 Å². The minimum absolute atomic E-state index is 0.124. The number of aromatic nitrogens is 2. The molecule has 2 rings (SSSR count). The van der Waals surface area contributed by atoms with Gasteiger partial charge in [-0.2, -0.15) is 0 Å². The van der Waals surface area contributed by atoms with Crippen molar-refractivity contribution in [2.45, 2.75) is 38.8 Å². The Hall–Kier alpha value is -1.39. The van der Waals surface area contributed by atoms with Crippen LogP contribution in [0, 0.1) is 0 Å². The number of nitrogens with two attached hydrogens (primary N) is 1. The Morgan fingerprint density at radius 3 is 2.61 bits per heavy atom. The Balaban J connectivity index is 2.64. The van der Waals surface area contributed by atoms with Crippen molar-refractivity contribution in [1.82, 2.24) is 9.55 Å². The molecule has 4 heteroatoms. The maximum Gasteiger partial charge on any atom is 0.139 e. The normalized spacial score (nSPS) is 14.1. The van der Waals surface area contributed by atoms with E-state index < -0.39 is 6.10 Å². The van der Waals surface area contributed by atoms with Crippen molar-refractivity contribution in [2.75, 3.05) is 6.54 Å². The second-order valence-corrected chi connectivity index (χ2v) is 5.56. The van der Waals surface area contributed by atoms with Gasteiger partial charge in [-0.15, -0.1) is 0 Å². The number of aliphatic hydroxyl groups excluding tert-OH is 1. The van der Waals surface area contributed by atoms with Crippen LogP contribution >= 0.6 is 0 Å². The van der Waals surface area contributed by atoms with Crippen molar-refractivity contribution in [3.05, 3.63) is 30.1 Å². The predicted molar refractivity (Wildman–Crippen MR) is 73.4 cm³/mol. The molecule has 1 aromatic heterocycles. The topological polar surface area (TPSA) is 64.1 Å². The van der Waals surface area contributed by atoms with Crippen molar-refractivity contribution in [3.8, 4) is 0 Å². The van der Waals surface area contributed by atoms with E-state index in [-0.39, 0.29) is 5.54 Å². The first kappa shape index (κ1) is 13.1. The molecule has 0 aliphatic carbocycles. The molecule has 4 nitrogen and oxygen atoms in total. The molecule has 0 fully saturated rings. The molecular weight excluding hydrogens is 226 g/mol. The summed E-state index contributed by atoms with van der Waals surface area (Å²) in [5.74, 6) is 0.703. The molecule has 0 saturated heterocycles. The summed E-state index contributed by atoms with van der Waals surface area (Å²) >= 11 is 0. The molecule has 1 unspecified atom stereocenters. The number of nitrogens with zero attached hydrogens (tertiary/aromatic N) is 2. The Kier molecular flexibility index (Phi) is 3.41. The molecule has 0 amide bonds. The molecule has 1 heterocycles. The van der Waals surface area contributed by atoms with Crippen molar-refractivity contribution in [2.24, 2.45) is 5.73 Å². The summed E-state index contributed by atoms with van der Waals surface area (Å²) in [5.41, 5.74) is 7.37. The first-order chi connectivity index (χ1) is 8.45. The highest BCUT2D eigenvalue weighted by atomic mass is 16.3. The fourth-order valence-electron chi connectivity index (χ4n) is 2.26. The van der Waals surface area contributed by atoms with E-state index in [1.807, 2.05) is 24.3 Å². The van der Waals surface area contributed by atoms with Crippen LogP contribution in [0.2, 0.25) is 0 Å². The summed E-state index contributed by atoms with van der Waals surface area (Å²) in [5, 5.41) is 10.2. The fourth-order valence-corrected chi connectivity index (χ4v) is 2.26. The van der Waals surface area contributed by atoms with E-state index in [2.05, 4.69) is 30.3 Å². The molecule has 98 valence electrons. The third kappa shape index (κ3) is 2.26. The monoisotopic (exact) mass is 247 g/mol. The maximum atomic E-state index is 10.2. The Morgan fingerprint density at radius 2 is 2.00 bits per heavy atom. The first-order valence-corrected chi connectivity index (χ1v) is 6.31. The zero-order chi connectivity index (χ0) is 13.3. The third-order valence-corrected chi connectivity index (χ3v) is 3.00. The number of para-hydroxylation sites is 2. The average molecular weight is 247 g/mol. The summed E-state index contributed by atoms with van der Waals surface area (Å²) in [4.78, 5) is 4.56. The lowest BCUT2D eigenvalue weighted by Gasteiger charge is -2.26. The summed E-state index contributed by atoms with van der Waals surface area (Å²) in [6.45, 7) is 6.79. The lowest BCUT2D eigenvalue weighted by Crippen LogP contribution is -2.26. The molecule has 0 bridgehead atoms. The molecule has 0 radical (unpaired) electrons. The summed E-state index contributed by atoms with van der Waals surface area (Å²) < 4.78 is 2.10. The zero-order valence-corrected chi connectivity index (χ0v) is 11.2. The SMILES string of the molecule is CC(C)(C)n1c(C(O)CCN)nc2ccccc21. The van der Waals surface area contributed by atoms with Gasteiger partial charge in [0.15, 0.2) is 0 Å². The average Bonchev–Trinajstić information content (AvgIpc) is 2.68. The van der Waals surface area contributed by atoms with Crippen LogP contribution in [0.4, 0.5) is 0 Å². The lowest BCUT2D eigenvalue weighted by molar-refractivity contribution is 0.149. The van der Waals surface area contributed by atoms with Crippen LogP contribution in [0.1, 0.15) is 39.1 Å². The number of hydrogen-bond donors (Lipinski definition) is 2. The molecule has 0 spiro atoms. The first-order valence-electron chi connectivity index (χ1n) is 6.31. The van der Waals surface area contributed by atoms with Gasteiger partial charge in [-0.1, -0.05) is 12.1 Å². The third-order valence-electron chi connectivity index (χ3n) is 3.00. The lowest BCUT2D eigenvalue weighted by atomic mass is 10.1. The minimum atomic E-state index is -0.610. The van der Waals surface area contributed by atoms with Gasteiger partial charge in [0.25, 0.3) is 0 Å². The zero-order valence-electron chi connectivity index (χ0n) is 11.2. The summed E-state index contributed by atoms with van der Waals surface area (Å²) in [6.07, 6.45) is -0.0824. The van der Waals surface area contributed by atoms with Crippen LogP contribution in [0.5, 0.6) is 0 Å².